The summed E-state index contributed by atoms with van der Waals surface area (Å²) in [6, 6.07) is 1.36. The monoisotopic (exact) mass is 371 g/mol. The lowest BCUT2D eigenvalue weighted by Gasteiger charge is -2.11. The lowest BCUT2D eigenvalue weighted by atomic mass is 10.3. The van der Waals surface area contributed by atoms with Crippen molar-refractivity contribution in [3.63, 3.8) is 0 Å². The zero-order valence-electron chi connectivity index (χ0n) is 14.0. The molecular weight excluding hydrogens is 355 g/mol. The van der Waals surface area contributed by atoms with Crippen LogP contribution in [-0.4, -0.2) is 31.8 Å². The van der Waals surface area contributed by atoms with Crippen LogP contribution in [0.2, 0.25) is 0 Å². The fourth-order valence-electron chi connectivity index (χ4n) is 2.06. The van der Waals surface area contributed by atoms with E-state index in [4.69, 9.17) is 0 Å². The summed E-state index contributed by atoms with van der Waals surface area (Å²) in [7, 11) is 0. The van der Waals surface area contributed by atoms with Gasteiger partial charge in [0.15, 0.2) is 5.69 Å². The Balaban J connectivity index is 1.98. The molecular formula is C15H16F3N5O3. The van der Waals surface area contributed by atoms with Gasteiger partial charge in [-0.3, -0.25) is 19.0 Å². The van der Waals surface area contributed by atoms with Crippen LogP contribution in [0.1, 0.15) is 17.0 Å². The molecule has 0 atom stereocenters. The molecule has 2 heterocycles. The van der Waals surface area contributed by atoms with Gasteiger partial charge in [0, 0.05) is 23.9 Å². The van der Waals surface area contributed by atoms with Crippen molar-refractivity contribution in [3.05, 3.63) is 56.1 Å². The van der Waals surface area contributed by atoms with Gasteiger partial charge in [-0.25, -0.2) is 9.67 Å². The third-order valence-corrected chi connectivity index (χ3v) is 3.63. The summed E-state index contributed by atoms with van der Waals surface area (Å²) in [4.78, 5) is 39.4. The maximum Gasteiger partial charge on any atom is 0.435 e. The van der Waals surface area contributed by atoms with Gasteiger partial charge in [0.1, 0.15) is 6.54 Å². The highest BCUT2D eigenvalue weighted by atomic mass is 19.4. The standard InChI is InChI=1S/C15H16F3N5O3/c1-9-10(2)20-8-22(14(9)26)7-12(24)19-5-6-23-13(25)4-3-11(21-23)15(16,17)18/h3-4,8H,5-7H2,1-2H3,(H,19,24). The molecule has 0 bridgehead atoms. The Morgan fingerprint density at radius 2 is 1.92 bits per heavy atom. The van der Waals surface area contributed by atoms with Gasteiger partial charge in [-0.1, -0.05) is 0 Å². The van der Waals surface area contributed by atoms with Crippen LogP contribution in [0.5, 0.6) is 0 Å². The molecule has 0 spiro atoms. The van der Waals surface area contributed by atoms with E-state index >= 15 is 0 Å². The minimum Gasteiger partial charge on any atom is -0.353 e. The number of aryl methyl sites for hydroxylation is 1. The average Bonchev–Trinajstić information content (AvgIpc) is 2.56. The Morgan fingerprint density at radius 1 is 1.23 bits per heavy atom. The molecule has 2 rings (SSSR count). The highest BCUT2D eigenvalue weighted by Crippen LogP contribution is 2.26. The maximum atomic E-state index is 12.6. The second kappa shape index (κ2) is 7.50. The van der Waals surface area contributed by atoms with E-state index in [1.165, 1.54) is 6.33 Å². The molecule has 1 N–H and O–H groups in total. The van der Waals surface area contributed by atoms with Gasteiger partial charge in [-0.2, -0.15) is 18.3 Å². The van der Waals surface area contributed by atoms with Crippen molar-refractivity contribution in [3.8, 4) is 0 Å². The summed E-state index contributed by atoms with van der Waals surface area (Å²) in [5.74, 6) is -0.544. The number of halogens is 3. The van der Waals surface area contributed by atoms with Crippen LogP contribution >= 0.6 is 0 Å². The summed E-state index contributed by atoms with van der Waals surface area (Å²) in [6.45, 7) is 2.60. The van der Waals surface area contributed by atoms with Crippen molar-refractivity contribution < 1.29 is 18.0 Å². The Kier molecular flexibility index (Phi) is 5.58. The van der Waals surface area contributed by atoms with Crippen molar-refractivity contribution in [2.75, 3.05) is 6.54 Å². The molecule has 0 aromatic carbocycles. The van der Waals surface area contributed by atoms with Crippen LogP contribution in [0.15, 0.2) is 28.0 Å². The third kappa shape index (κ3) is 4.55. The fraction of sp³-hybridized carbons (Fsp3) is 0.400. The molecule has 140 valence electrons. The number of carbonyl (C=O) groups excluding carboxylic acids is 1. The highest BCUT2D eigenvalue weighted by molar-refractivity contribution is 5.75. The predicted octanol–water partition coefficient (Wildman–Crippen LogP) is 0.252. The summed E-state index contributed by atoms with van der Waals surface area (Å²) in [5.41, 5.74) is -1.30. The number of hydrogen-bond acceptors (Lipinski definition) is 5. The molecule has 1 amide bonds. The molecule has 0 fully saturated rings. The summed E-state index contributed by atoms with van der Waals surface area (Å²) in [6.07, 6.45) is -3.43. The molecule has 26 heavy (non-hydrogen) atoms. The first-order valence-electron chi connectivity index (χ1n) is 7.54. The number of nitrogens with one attached hydrogen (secondary N) is 1. The predicted molar refractivity (Wildman–Crippen MR) is 84.5 cm³/mol. The van der Waals surface area contributed by atoms with Crippen LogP contribution in [0, 0.1) is 13.8 Å². The first kappa shape index (κ1) is 19.3. The van der Waals surface area contributed by atoms with Crippen molar-refractivity contribution >= 4 is 5.91 Å². The highest BCUT2D eigenvalue weighted by Gasteiger charge is 2.33. The quantitative estimate of drug-likeness (QED) is 0.813. The third-order valence-electron chi connectivity index (χ3n) is 3.63. The summed E-state index contributed by atoms with van der Waals surface area (Å²) >= 11 is 0. The van der Waals surface area contributed by atoms with E-state index in [-0.39, 0.29) is 25.2 Å². The number of alkyl halides is 3. The first-order chi connectivity index (χ1) is 12.1. The average molecular weight is 371 g/mol. The van der Waals surface area contributed by atoms with Gasteiger partial charge in [-0.15, -0.1) is 0 Å². The van der Waals surface area contributed by atoms with Crippen LogP contribution in [0.3, 0.4) is 0 Å². The van der Waals surface area contributed by atoms with E-state index in [0.717, 1.165) is 10.6 Å². The Bertz CT molecular complexity index is 933. The lowest BCUT2D eigenvalue weighted by molar-refractivity contribution is -0.142. The van der Waals surface area contributed by atoms with Crippen LogP contribution < -0.4 is 16.4 Å². The number of amides is 1. The normalized spacial score (nSPS) is 11.4. The van der Waals surface area contributed by atoms with Gasteiger partial charge >= 0.3 is 6.18 Å². The smallest absolute Gasteiger partial charge is 0.353 e. The number of hydrogen-bond donors (Lipinski definition) is 1. The molecule has 11 heteroatoms. The SMILES string of the molecule is Cc1ncn(CC(=O)NCCn2nc(C(F)(F)F)ccc2=O)c(=O)c1C. The molecule has 2 aromatic rings. The van der Waals surface area contributed by atoms with Gasteiger partial charge < -0.3 is 5.32 Å². The van der Waals surface area contributed by atoms with Gasteiger partial charge in [-0.05, 0) is 19.9 Å². The molecule has 0 unspecified atom stereocenters. The van der Waals surface area contributed by atoms with Crippen molar-refractivity contribution in [2.45, 2.75) is 33.1 Å². The number of rotatable bonds is 5. The second-order valence-corrected chi connectivity index (χ2v) is 5.52. The maximum absolute atomic E-state index is 12.6. The van der Waals surface area contributed by atoms with Crippen LogP contribution in [-0.2, 0) is 24.1 Å². The number of carbonyl (C=O) groups is 1. The lowest BCUT2D eigenvalue weighted by Crippen LogP contribution is -2.36. The molecule has 0 aliphatic rings. The molecule has 2 aromatic heterocycles. The summed E-state index contributed by atoms with van der Waals surface area (Å²) in [5, 5.41) is 5.64. The van der Waals surface area contributed by atoms with Crippen LogP contribution in [0.4, 0.5) is 13.2 Å². The van der Waals surface area contributed by atoms with Gasteiger partial charge in [0.2, 0.25) is 5.91 Å². The fourth-order valence-corrected chi connectivity index (χ4v) is 2.06. The van der Waals surface area contributed by atoms with Gasteiger partial charge in [0.05, 0.1) is 12.9 Å². The minimum atomic E-state index is -4.67. The van der Waals surface area contributed by atoms with E-state index in [0.29, 0.717) is 22.0 Å². The van der Waals surface area contributed by atoms with E-state index in [9.17, 15) is 27.6 Å². The Morgan fingerprint density at radius 3 is 2.58 bits per heavy atom. The first-order valence-corrected chi connectivity index (χ1v) is 7.54. The molecule has 0 radical (unpaired) electrons. The Hall–Kier alpha value is -2.98. The molecule has 0 saturated heterocycles. The number of nitrogens with zero attached hydrogens (tertiary/aromatic N) is 4. The molecule has 0 aliphatic carbocycles. The topological polar surface area (TPSA) is 98.9 Å². The zero-order valence-corrected chi connectivity index (χ0v) is 14.0. The largest absolute Gasteiger partial charge is 0.435 e. The molecule has 0 saturated carbocycles. The van der Waals surface area contributed by atoms with E-state index in [1.54, 1.807) is 13.8 Å². The van der Waals surface area contributed by atoms with E-state index in [1.807, 2.05) is 0 Å². The molecule has 8 nitrogen and oxygen atoms in total. The van der Waals surface area contributed by atoms with E-state index in [2.05, 4.69) is 15.4 Å². The second-order valence-electron chi connectivity index (χ2n) is 5.52. The van der Waals surface area contributed by atoms with Gasteiger partial charge in [0.25, 0.3) is 11.1 Å². The molecule has 0 aliphatic heterocycles. The minimum absolute atomic E-state index is 0.125. The Labute approximate surface area is 145 Å². The van der Waals surface area contributed by atoms with Crippen molar-refractivity contribution in [2.24, 2.45) is 0 Å². The zero-order chi connectivity index (χ0) is 19.5. The number of aromatic nitrogens is 4. The van der Waals surface area contributed by atoms with Crippen molar-refractivity contribution in [1.82, 2.24) is 24.6 Å². The van der Waals surface area contributed by atoms with E-state index < -0.39 is 23.3 Å². The van der Waals surface area contributed by atoms with Crippen molar-refractivity contribution in [1.29, 1.82) is 0 Å². The van der Waals surface area contributed by atoms with Crippen LogP contribution in [0.25, 0.3) is 0 Å². The summed E-state index contributed by atoms with van der Waals surface area (Å²) < 4.78 is 39.6.